The molecule has 1 heterocycles. The van der Waals surface area contributed by atoms with Crippen molar-refractivity contribution in [1.82, 2.24) is 0 Å². The average Bonchev–Trinajstić information content (AvgIpc) is 2.75. The number of hydrogen-bond donors (Lipinski definition) is 1. The normalized spacial score (nSPS) is 12.3. The maximum Gasteiger partial charge on any atom is 0.169 e. The van der Waals surface area contributed by atoms with Crippen molar-refractivity contribution in [3.63, 3.8) is 0 Å². The first-order valence-corrected chi connectivity index (χ1v) is 7.52. The summed E-state index contributed by atoms with van der Waals surface area (Å²) in [6.45, 7) is 2.00. The smallest absolute Gasteiger partial charge is 0.169 e. The first-order valence-electron chi connectivity index (χ1n) is 5.56. The van der Waals surface area contributed by atoms with E-state index in [-0.39, 0.29) is 6.04 Å². The van der Waals surface area contributed by atoms with Gasteiger partial charge in [-0.2, -0.15) is 0 Å². The largest absolute Gasteiger partial charge is 0.493 e. The maximum atomic E-state index is 6.06. The molecular formula is C13H12Br2ClNO2. The van der Waals surface area contributed by atoms with Crippen LogP contribution < -0.4 is 10.1 Å². The Balaban J connectivity index is 2.27. The Kier molecular flexibility index (Phi) is 4.81. The molecule has 102 valence electrons. The van der Waals surface area contributed by atoms with E-state index in [1.54, 1.807) is 13.2 Å². The number of rotatable bonds is 4. The van der Waals surface area contributed by atoms with E-state index in [9.17, 15) is 0 Å². The van der Waals surface area contributed by atoms with Gasteiger partial charge in [-0.3, -0.25) is 0 Å². The third kappa shape index (κ3) is 3.46. The van der Waals surface area contributed by atoms with Gasteiger partial charge >= 0.3 is 0 Å². The lowest BCUT2D eigenvalue weighted by molar-refractivity contribution is 0.412. The van der Waals surface area contributed by atoms with Crippen molar-refractivity contribution < 1.29 is 9.15 Å². The number of benzene rings is 1. The molecule has 0 aliphatic rings. The summed E-state index contributed by atoms with van der Waals surface area (Å²) in [5, 5.41) is 3.95. The van der Waals surface area contributed by atoms with Crippen LogP contribution in [0.2, 0.25) is 5.02 Å². The molecular weight excluding hydrogens is 397 g/mol. The maximum absolute atomic E-state index is 6.06. The van der Waals surface area contributed by atoms with Gasteiger partial charge in [-0.25, -0.2) is 0 Å². The molecule has 0 saturated carbocycles. The summed E-state index contributed by atoms with van der Waals surface area (Å²) >= 11 is 12.8. The first kappa shape index (κ1) is 14.8. The lowest BCUT2D eigenvalue weighted by Crippen LogP contribution is -2.07. The van der Waals surface area contributed by atoms with Crippen molar-refractivity contribution in [2.45, 2.75) is 13.0 Å². The fourth-order valence-electron chi connectivity index (χ4n) is 1.74. The predicted molar refractivity (Wildman–Crippen MR) is 84.1 cm³/mol. The van der Waals surface area contributed by atoms with E-state index in [1.807, 2.05) is 25.1 Å². The summed E-state index contributed by atoms with van der Waals surface area (Å²) in [5.74, 6) is 1.53. The fraction of sp³-hybridized carbons (Fsp3) is 0.231. The minimum Gasteiger partial charge on any atom is -0.493 e. The Morgan fingerprint density at radius 3 is 2.63 bits per heavy atom. The molecule has 0 aliphatic carbocycles. The van der Waals surface area contributed by atoms with Crippen molar-refractivity contribution >= 4 is 49.1 Å². The van der Waals surface area contributed by atoms with Crippen LogP contribution in [0.1, 0.15) is 18.7 Å². The van der Waals surface area contributed by atoms with Crippen LogP contribution in [0.25, 0.3) is 0 Å². The van der Waals surface area contributed by atoms with Crippen LogP contribution in [0, 0.1) is 0 Å². The van der Waals surface area contributed by atoms with Crippen LogP contribution in [-0.2, 0) is 0 Å². The van der Waals surface area contributed by atoms with Gasteiger partial charge in [-0.15, -0.1) is 0 Å². The van der Waals surface area contributed by atoms with E-state index in [2.05, 4.69) is 37.2 Å². The molecule has 0 spiro atoms. The van der Waals surface area contributed by atoms with Crippen LogP contribution in [0.15, 0.2) is 37.8 Å². The van der Waals surface area contributed by atoms with Gasteiger partial charge in [0.2, 0.25) is 0 Å². The van der Waals surface area contributed by atoms with Crippen molar-refractivity contribution in [2.24, 2.45) is 0 Å². The molecule has 6 heteroatoms. The zero-order valence-electron chi connectivity index (χ0n) is 10.3. The quantitative estimate of drug-likeness (QED) is 0.710. The molecule has 2 rings (SSSR count). The van der Waals surface area contributed by atoms with Crippen molar-refractivity contribution in [1.29, 1.82) is 0 Å². The number of furan rings is 1. The molecule has 1 unspecified atom stereocenters. The van der Waals surface area contributed by atoms with Gasteiger partial charge in [0.25, 0.3) is 0 Å². The van der Waals surface area contributed by atoms with Crippen molar-refractivity contribution in [2.75, 3.05) is 12.4 Å². The van der Waals surface area contributed by atoms with E-state index in [4.69, 9.17) is 20.8 Å². The van der Waals surface area contributed by atoms with Crippen LogP contribution in [-0.4, -0.2) is 7.11 Å². The second-order valence-electron chi connectivity index (χ2n) is 3.98. The van der Waals surface area contributed by atoms with Crippen LogP contribution >= 0.6 is 43.5 Å². The molecule has 0 radical (unpaired) electrons. The van der Waals surface area contributed by atoms with Crippen LogP contribution in [0.4, 0.5) is 5.69 Å². The minimum atomic E-state index is -0.00873. The van der Waals surface area contributed by atoms with Crippen molar-refractivity contribution in [3.05, 3.63) is 44.2 Å². The Bertz CT molecular complexity index is 586. The molecule has 2 aromatic rings. The molecule has 1 atom stereocenters. The third-order valence-electron chi connectivity index (χ3n) is 2.61. The highest BCUT2D eigenvalue weighted by molar-refractivity contribution is 9.10. The number of anilines is 1. The standard InChI is InChI=1S/C13H12Br2ClNO2/c1-7(11-3-4-12(15)19-11)17-10-6-8(16)5-9(14)13(10)18-2/h3-7,17H,1-2H3. The summed E-state index contributed by atoms with van der Waals surface area (Å²) in [7, 11) is 1.62. The number of methoxy groups -OCH3 is 1. The van der Waals surface area contributed by atoms with Crippen molar-refractivity contribution in [3.8, 4) is 5.75 Å². The Morgan fingerprint density at radius 2 is 2.05 bits per heavy atom. The highest BCUT2D eigenvalue weighted by Gasteiger charge is 2.15. The number of nitrogens with one attached hydrogen (secondary N) is 1. The molecule has 0 aliphatic heterocycles. The summed E-state index contributed by atoms with van der Waals surface area (Å²) in [6.07, 6.45) is 0. The topological polar surface area (TPSA) is 34.4 Å². The predicted octanol–water partition coefficient (Wildman–Crippen LogP) is 5.64. The van der Waals surface area contributed by atoms with Gasteiger partial charge in [-0.05, 0) is 63.0 Å². The summed E-state index contributed by atoms with van der Waals surface area (Å²) in [5.41, 5.74) is 0.807. The fourth-order valence-corrected chi connectivity index (χ4v) is 3.03. The molecule has 0 bridgehead atoms. The van der Waals surface area contributed by atoms with Gasteiger partial charge in [0.05, 0.1) is 23.3 Å². The zero-order valence-corrected chi connectivity index (χ0v) is 14.3. The molecule has 19 heavy (non-hydrogen) atoms. The summed E-state index contributed by atoms with van der Waals surface area (Å²) in [6, 6.07) is 7.37. The summed E-state index contributed by atoms with van der Waals surface area (Å²) < 4.78 is 12.4. The van der Waals surface area contributed by atoms with Gasteiger partial charge in [0.15, 0.2) is 10.4 Å². The number of halogens is 3. The first-order chi connectivity index (χ1) is 9.01. The lowest BCUT2D eigenvalue weighted by atomic mass is 10.2. The second kappa shape index (κ2) is 6.20. The SMILES string of the molecule is COc1c(Br)cc(Cl)cc1NC(C)c1ccc(Br)o1. The molecule has 3 nitrogen and oxygen atoms in total. The molecule has 1 aromatic carbocycles. The Hall–Kier alpha value is -0.650. The highest BCUT2D eigenvalue weighted by Crippen LogP contribution is 2.38. The minimum absolute atomic E-state index is 0.00873. The van der Waals surface area contributed by atoms with Crippen LogP contribution in [0.5, 0.6) is 5.75 Å². The summed E-state index contributed by atoms with van der Waals surface area (Å²) in [4.78, 5) is 0. The number of ether oxygens (including phenoxy) is 1. The van der Waals surface area contributed by atoms with E-state index in [0.717, 1.165) is 15.9 Å². The van der Waals surface area contributed by atoms with Gasteiger partial charge in [0.1, 0.15) is 5.76 Å². The Morgan fingerprint density at radius 1 is 1.32 bits per heavy atom. The zero-order chi connectivity index (χ0) is 14.0. The molecule has 1 N–H and O–H groups in total. The third-order valence-corrected chi connectivity index (χ3v) is 3.84. The van der Waals surface area contributed by atoms with Gasteiger partial charge < -0.3 is 14.5 Å². The van der Waals surface area contributed by atoms with E-state index < -0.39 is 0 Å². The molecule has 0 saturated heterocycles. The second-order valence-corrected chi connectivity index (χ2v) is 6.05. The van der Waals surface area contributed by atoms with E-state index >= 15 is 0 Å². The van der Waals surface area contributed by atoms with E-state index in [0.29, 0.717) is 15.4 Å². The molecule has 1 aromatic heterocycles. The van der Waals surface area contributed by atoms with Gasteiger partial charge in [-0.1, -0.05) is 11.6 Å². The molecule has 0 amide bonds. The van der Waals surface area contributed by atoms with E-state index in [1.165, 1.54) is 0 Å². The Labute approximate surface area is 133 Å². The monoisotopic (exact) mass is 407 g/mol. The highest BCUT2D eigenvalue weighted by atomic mass is 79.9. The lowest BCUT2D eigenvalue weighted by Gasteiger charge is -2.17. The number of hydrogen-bond acceptors (Lipinski definition) is 3. The average molecular weight is 410 g/mol. The van der Waals surface area contributed by atoms with Crippen LogP contribution in [0.3, 0.4) is 0 Å². The van der Waals surface area contributed by atoms with Gasteiger partial charge in [0, 0.05) is 5.02 Å². The molecule has 0 fully saturated rings.